The number of fused-ring (bicyclic) bond motifs is 1. The number of rotatable bonds is 4. The number of aliphatic hydroxyl groups excluding tert-OH is 1. The normalized spacial score (nSPS) is 10.9. The van der Waals surface area contributed by atoms with Gasteiger partial charge in [0.15, 0.2) is 0 Å². The Balaban J connectivity index is 2.10. The van der Waals surface area contributed by atoms with Gasteiger partial charge in [-0.25, -0.2) is 4.98 Å². The summed E-state index contributed by atoms with van der Waals surface area (Å²) in [7, 11) is 0. The van der Waals surface area contributed by atoms with Gasteiger partial charge in [0.25, 0.3) is 5.91 Å². The summed E-state index contributed by atoms with van der Waals surface area (Å²) in [5.74, 6) is 0.315. The highest BCUT2D eigenvalue weighted by atomic mass is 32.1. The van der Waals surface area contributed by atoms with Gasteiger partial charge < -0.3 is 20.5 Å². The van der Waals surface area contributed by atoms with Crippen LogP contribution < -0.4 is 5.32 Å². The zero-order chi connectivity index (χ0) is 14.8. The van der Waals surface area contributed by atoms with E-state index in [-0.39, 0.29) is 24.8 Å². The number of thiophene rings is 1. The largest absolute Gasteiger partial charge is 0.506 e. The Labute approximate surface area is 124 Å². The van der Waals surface area contributed by atoms with Crippen LogP contribution in [0, 0.1) is 0 Å². The Morgan fingerprint density at radius 2 is 2.24 bits per heavy atom. The van der Waals surface area contributed by atoms with E-state index in [0.29, 0.717) is 22.4 Å². The molecule has 0 radical (unpaired) electrons. The number of carbonyl (C=O) groups is 1. The lowest BCUT2D eigenvalue weighted by atomic mass is 10.1. The second-order valence-electron chi connectivity index (χ2n) is 4.40. The first-order chi connectivity index (χ1) is 10.2. The van der Waals surface area contributed by atoms with Crippen molar-refractivity contribution in [1.82, 2.24) is 15.3 Å². The maximum Gasteiger partial charge on any atom is 0.253 e. The van der Waals surface area contributed by atoms with Crippen molar-refractivity contribution >= 4 is 28.3 Å². The van der Waals surface area contributed by atoms with Crippen molar-refractivity contribution in [2.45, 2.75) is 0 Å². The van der Waals surface area contributed by atoms with Crippen LogP contribution in [0.3, 0.4) is 0 Å². The number of H-pyrrole nitrogens is 1. The summed E-state index contributed by atoms with van der Waals surface area (Å²) in [4.78, 5) is 20.4. The molecule has 2 aromatic heterocycles. The molecule has 0 saturated heterocycles. The summed E-state index contributed by atoms with van der Waals surface area (Å²) in [5, 5.41) is 23.2. The predicted molar refractivity (Wildman–Crippen MR) is 80.5 cm³/mol. The van der Waals surface area contributed by atoms with Crippen LogP contribution in [-0.4, -0.2) is 39.2 Å². The molecule has 7 heteroatoms. The monoisotopic (exact) mass is 303 g/mol. The zero-order valence-electron chi connectivity index (χ0n) is 11.0. The fourth-order valence-electron chi connectivity index (χ4n) is 2.06. The summed E-state index contributed by atoms with van der Waals surface area (Å²) < 4.78 is 0. The molecule has 0 fully saturated rings. The van der Waals surface area contributed by atoms with E-state index in [4.69, 9.17) is 5.11 Å². The molecule has 2 heterocycles. The minimum atomic E-state index is -0.335. The molecule has 108 valence electrons. The van der Waals surface area contributed by atoms with Crippen molar-refractivity contribution in [2.24, 2.45) is 0 Å². The number of aromatic nitrogens is 2. The first kappa shape index (κ1) is 13.6. The number of carbonyl (C=O) groups excluding carboxylic acids is 1. The molecule has 0 unspecified atom stereocenters. The summed E-state index contributed by atoms with van der Waals surface area (Å²) >= 11 is 1.52. The molecule has 0 aliphatic heterocycles. The molecule has 21 heavy (non-hydrogen) atoms. The second kappa shape index (κ2) is 5.55. The summed E-state index contributed by atoms with van der Waals surface area (Å²) in [6, 6.07) is 6.78. The Kier molecular flexibility index (Phi) is 3.59. The van der Waals surface area contributed by atoms with Gasteiger partial charge in [-0.3, -0.25) is 4.79 Å². The number of amides is 1. The van der Waals surface area contributed by atoms with Crippen LogP contribution >= 0.6 is 11.3 Å². The fourth-order valence-corrected chi connectivity index (χ4v) is 2.73. The van der Waals surface area contributed by atoms with Gasteiger partial charge in [0.2, 0.25) is 0 Å². The Morgan fingerprint density at radius 3 is 2.95 bits per heavy atom. The average Bonchev–Trinajstić information content (AvgIpc) is 3.13. The molecule has 0 bridgehead atoms. The quantitative estimate of drug-likeness (QED) is 0.590. The lowest BCUT2D eigenvalue weighted by Crippen LogP contribution is -2.26. The molecule has 0 aliphatic carbocycles. The number of phenols is 1. The van der Waals surface area contributed by atoms with Crippen LogP contribution in [0.25, 0.3) is 21.7 Å². The number of aromatic hydroxyl groups is 1. The van der Waals surface area contributed by atoms with E-state index in [1.165, 1.54) is 23.5 Å². The minimum absolute atomic E-state index is 0.0408. The van der Waals surface area contributed by atoms with E-state index in [9.17, 15) is 9.90 Å². The molecule has 0 aliphatic rings. The number of benzene rings is 1. The number of aromatic amines is 1. The van der Waals surface area contributed by atoms with Crippen LogP contribution in [0.1, 0.15) is 10.4 Å². The molecular weight excluding hydrogens is 290 g/mol. The lowest BCUT2D eigenvalue weighted by molar-refractivity contribution is 0.0946. The summed E-state index contributed by atoms with van der Waals surface area (Å²) in [6.45, 7) is 0.0391. The number of imidazole rings is 1. The van der Waals surface area contributed by atoms with Gasteiger partial charge in [-0.05, 0) is 23.6 Å². The number of hydrogen-bond donors (Lipinski definition) is 4. The third-order valence-corrected chi connectivity index (χ3v) is 3.90. The predicted octanol–water partition coefficient (Wildman–Crippen LogP) is 1.72. The number of aliphatic hydroxyl groups is 1. The van der Waals surface area contributed by atoms with Crippen molar-refractivity contribution in [3.05, 3.63) is 35.2 Å². The molecule has 3 aromatic rings. The molecular formula is C14H13N3O3S. The fraction of sp³-hybridized carbons (Fsp3) is 0.143. The smallest absolute Gasteiger partial charge is 0.253 e. The lowest BCUT2D eigenvalue weighted by Gasteiger charge is -2.04. The highest BCUT2D eigenvalue weighted by molar-refractivity contribution is 7.13. The Bertz CT molecular complexity index is 780. The number of nitrogens with one attached hydrogen (secondary N) is 2. The zero-order valence-corrected chi connectivity index (χ0v) is 11.8. The maximum absolute atomic E-state index is 12.1. The van der Waals surface area contributed by atoms with Gasteiger partial charge in [-0.2, -0.15) is 0 Å². The highest BCUT2D eigenvalue weighted by Crippen LogP contribution is 2.30. The van der Waals surface area contributed by atoms with Gasteiger partial charge >= 0.3 is 0 Å². The van der Waals surface area contributed by atoms with Crippen molar-refractivity contribution in [1.29, 1.82) is 0 Å². The molecule has 4 N–H and O–H groups in total. The summed E-state index contributed by atoms with van der Waals surface area (Å²) in [6.07, 6.45) is 0. The Morgan fingerprint density at radius 1 is 1.38 bits per heavy atom. The minimum Gasteiger partial charge on any atom is -0.506 e. The molecule has 1 amide bonds. The van der Waals surface area contributed by atoms with E-state index in [1.54, 1.807) is 0 Å². The number of phenolic OH excluding ortho intramolecular Hbond substituents is 1. The van der Waals surface area contributed by atoms with Crippen molar-refractivity contribution in [3.8, 4) is 16.5 Å². The van der Waals surface area contributed by atoms with E-state index >= 15 is 0 Å². The van der Waals surface area contributed by atoms with Crippen LogP contribution in [0.4, 0.5) is 0 Å². The van der Waals surface area contributed by atoms with E-state index in [0.717, 1.165) is 4.88 Å². The van der Waals surface area contributed by atoms with Crippen molar-refractivity contribution in [2.75, 3.05) is 13.2 Å². The van der Waals surface area contributed by atoms with E-state index in [2.05, 4.69) is 15.3 Å². The van der Waals surface area contributed by atoms with Crippen LogP contribution in [-0.2, 0) is 0 Å². The van der Waals surface area contributed by atoms with E-state index in [1.807, 2.05) is 17.5 Å². The molecule has 0 spiro atoms. The van der Waals surface area contributed by atoms with Gasteiger partial charge in [-0.1, -0.05) is 6.07 Å². The SMILES string of the molecule is O=C(NCCO)c1ccc(O)c2[nH]c(-c3cccs3)nc12. The number of nitrogens with zero attached hydrogens (tertiary/aromatic N) is 1. The van der Waals surface area contributed by atoms with Crippen LogP contribution in [0.5, 0.6) is 5.75 Å². The molecule has 6 nitrogen and oxygen atoms in total. The van der Waals surface area contributed by atoms with Crippen molar-refractivity contribution < 1.29 is 15.0 Å². The number of hydrogen-bond acceptors (Lipinski definition) is 5. The maximum atomic E-state index is 12.1. The van der Waals surface area contributed by atoms with Gasteiger partial charge in [0.05, 0.1) is 17.0 Å². The summed E-state index contributed by atoms with van der Waals surface area (Å²) in [5.41, 5.74) is 1.19. The Hall–Kier alpha value is -2.38. The van der Waals surface area contributed by atoms with Gasteiger partial charge in [-0.15, -0.1) is 11.3 Å². The van der Waals surface area contributed by atoms with Crippen LogP contribution in [0.15, 0.2) is 29.6 Å². The molecule has 0 atom stereocenters. The first-order valence-corrected chi connectivity index (χ1v) is 7.23. The molecule has 0 saturated carbocycles. The standard InChI is InChI=1S/C14H13N3O3S/c18-6-5-15-14(20)8-3-4-9(19)12-11(8)16-13(17-12)10-2-1-7-21-10/h1-4,7,18-19H,5-6H2,(H,15,20)(H,16,17). The highest BCUT2D eigenvalue weighted by Gasteiger charge is 2.17. The average molecular weight is 303 g/mol. The van der Waals surface area contributed by atoms with E-state index < -0.39 is 0 Å². The van der Waals surface area contributed by atoms with Crippen molar-refractivity contribution in [3.63, 3.8) is 0 Å². The second-order valence-corrected chi connectivity index (χ2v) is 5.35. The van der Waals surface area contributed by atoms with Gasteiger partial charge in [0, 0.05) is 6.54 Å². The topological polar surface area (TPSA) is 98.2 Å². The molecule has 3 rings (SSSR count). The molecule has 1 aromatic carbocycles. The van der Waals surface area contributed by atoms with Gasteiger partial charge in [0.1, 0.15) is 22.6 Å². The van der Waals surface area contributed by atoms with Crippen LogP contribution in [0.2, 0.25) is 0 Å². The third kappa shape index (κ3) is 2.48. The third-order valence-electron chi connectivity index (χ3n) is 3.02. The first-order valence-electron chi connectivity index (χ1n) is 6.35.